The van der Waals surface area contributed by atoms with Crippen LogP contribution in [0.2, 0.25) is 0 Å². The van der Waals surface area contributed by atoms with Gasteiger partial charge in [0.1, 0.15) is 6.10 Å². The topological polar surface area (TPSA) is 49.3 Å². The van der Waals surface area contributed by atoms with Crippen LogP contribution in [0.25, 0.3) is 0 Å². The fraction of sp³-hybridized carbons (Fsp3) is 0.696. The smallest absolute Gasteiger partial charge is 0.193 e. The van der Waals surface area contributed by atoms with Gasteiger partial charge in [0.05, 0.1) is 12.7 Å². The third-order valence-corrected chi connectivity index (χ3v) is 6.65. The van der Waals surface area contributed by atoms with Crippen LogP contribution >= 0.6 is 24.0 Å². The molecule has 3 aliphatic heterocycles. The summed E-state index contributed by atoms with van der Waals surface area (Å²) in [5.41, 5.74) is 3.00. The number of guanidine groups is 1. The minimum Gasteiger partial charge on any atom is -0.375 e. The number of rotatable bonds is 4. The zero-order valence-corrected chi connectivity index (χ0v) is 20.9. The number of benzene rings is 1. The fourth-order valence-electron chi connectivity index (χ4n) is 4.74. The number of aliphatic imine (C=N–C) groups is 1. The summed E-state index contributed by atoms with van der Waals surface area (Å²) in [4.78, 5) is 9.49. The second-order valence-corrected chi connectivity index (χ2v) is 9.06. The molecular weight excluding hydrogens is 491 g/mol. The van der Waals surface area contributed by atoms with Gasteiger partial charge in [-0.15, -0.1) is 24.0 Å². The van der Waals surface area contributed by atoms with Gasteiger partial charge in [-0.3, -0.25) is 9.89 Å². The van der Waals surface area contributed by atoms with Gasteiger partial charge in [0.15, 0.2) is 5.96 Å². The highest BCUT2D eigenvalue weighted by Crippen LogP contribution is 2.25. The second kappa shape index (κ2) is 10.6. The van der Waals surface area contributed by atoms with Crippen molar-refractivity contribution in [3.8, 4) is 0 Å². The van der Waals surface area contributed by atoms with E-state index in [-0.39, 0.29) is 41.7 Å². The van der Waals surface area contributed by atoms with Gasteiger partial charge in [0, 0.05) is 51.9 Å². The van der Waals surface area contributed by atoms with Crippen LogP contribution in [-0.4, -0.2) is 79.9 Å². The predicted molar refractivity (Wildman–Crippen MR) is 132 cm³/mol. The molecule has 3 heterocycles. The number of halogens is 1. The van der Waals surface area contributed by atoms with Crippen LogP contribution in [-0.2, 0) is 22.4 Å². The fourth-order valence-corrected chi connectivity index (χ4v) is 4.74. The summed E-state index contributed by atoms with van der Waals surface area (Å²) in [7, 11) is 1.88. The van der Waals surface area contributed by atoms with Crippen molar-refractivity contribution >= 4 is 29.9 Å². The maximum atomic E-state index is 6.00. The second-order valence-electron chi connectivity index (χ2n) is 9.06. The van der Waals surface area contributed by atoms with Gasteiger partial charge in [-0.1, -0.05) is 24.3 Å². The zero-order valence-electron chi connectivity index (χ0n) is 18.6. The van der Waals surface area contributed by atoms with Crippen LogP contribution in [0.15, 0.2) is 29.3 Å². The van der Waals surface area contributed by atoms with Gasteiger partial charge in [-0.05, 0) is 44.2 Å². The summed E-state index contributed by atoms with van der Waals surface area (Å²) in [5.74, 6) is 0.974. The van der Waals surface area contributed by atoms with E-state index < -0.39 is 0 Å². The summed E-state index contributed by atoms with van der Waals surface area (Å²) in [6.45, 7) is 11.0. The predicted octanol–water partition coefficient (Wildman–Crippen LogP) is 2.90. The van der Waals surface area contributed by atoms with Crippen LogP contribution in [0.3, 0.4) is 0 Å². The molecule has 0 amide bonds. The van der Waals surface area contributed by atoms with E-state index >= 15 is 0 Å². The molecule has 30 heavy (non-hydrogen) atoms. The molecule has 1 aromatic rings. The standard InChI is InChI=1S/C23H36N4O2.HI/c1-23(2,27-11-10-18-7-4-5-8-19(18)15-27)17-25-22(24-3)26-12-14-29-21(16-26)20-9-6-13-28-20;/h4-5,7-8,20-21H,6,9-17H2,1-3H3,(H,24,25);1H. The lowest BCUT2D eigenvalue weighted by Crippen LogP contribution is -2.57. The Bertz CT molecular complexity index is 721. The first kappa shape index (κ1) is 23.8. The van der Waals surface area contributed by atoms with Gasteiger partial charge < -0.3 is 19.7 Å². The number of nitrogens with one attached hydrogen (secondary N) is 1. The lowest BCUT2D eigenvalue weighted by Gasteiger charge is -2.43. The zero-order chi connectivity index (χ0) is 20.3. The third-order valence-electron chi connectivity index (χ3n) is 6.65. The van der Waals surface area contributed by atoms with E-state index in [1.807, 2.05) is 7.05 Å². The van der Waals surface area contributed by atoms with Crippen LogP contribution in [0.5, 0.6) is 0 Å². The molecule has 2 fully saturated rings. The SMILES string of the molecule is CN=C(NCC(C)(C)N1CCc2ccccc2C1)N1CCOC(C2CCCO2)C1.I. The Balaban J connectivity index is 0.00000256. The molecule has 0 radical (unpaired) electrons. The molecule has 0 aliphatic carbocycles. The van der Waals surface area contributed by atoms with Crippen molar-refractivity contribution in [2.75, 3.05) is 46.4 Å². The van der Waals surface area contributed by atoms with Crippen molar-refractivity contribution in [1.29, 1.82) is 0 Å². The number of morpholine rings is 1. The van der Waals surface area contributed by atoms with E-state index in [1.54, 1.807) is 0 Å². The van der Waals surface area contributed by atoms with Crippen molar-refractivity contribution in [3.63, 3.8) is 0 Å². The Labute approximate surface area is 198 Å². The number of hydrogen-bond donors (Lipinski definition) is 1. The summed E-state index contributed by atoms with van der Waals surface area (Å²) < 4.78 is 11.9. The van der Waals surface area contributed by atoms with Gasteiger partial charge in [-0.25, -0.2) is 0 Å². The van der Waals surface area contributed by atoms with Crippen molar-refractivity contribution in [1.82, 2.24) is 15.1 Å². The first-order valence-electron chi connectivity index (χ1n) is 11.1. The molecule has 2 unspecified atom stereocenters. The minimum absolute atomic E-state index is 0. The molecule has 7 heteroatoms. The highest BCUT2D eigenvalue weighted by molar-refractivity contribution is 14.0. The molecule has 0 bridgehead atoms. The third kappa shape index (κ3) is 5.47. The molecule has 2 saturated heterocycles. The largest absolute Gasteiger partial charge is 0.375 e. The van der Waals surface area contributed by atoms with Gasteiger partial charge in [-0.2, -0.15) is 0 Å². The molecule has 168 valence electrons. The van der Waals surface area contributed by atoms with Crippen LogP contribution in [0, 0.1) is 0 Å². The lowest BCUT2D eigenvalue weighted by molar-refractivity contribution is -0.0817. The summed E-state index contributed by atoms with van der Waals surface area (Å²) >= 11 is 0. The average molecular weight is 528 g/mol. The molecule has 1 aromatic carbocycles. The molecule has 0 saturated carbocycles. The van der Waals surface area contributed by atoms with Crippen LogP contribution in [0.4, 0.5) is 0 Å². The molecule has 3 aliphatic rings. The molecule has 0 aromatic heterocycles. The Hall–Kier alpha value is -0.900. The summed E-state index contributed by atoms with van der Waals surface area (Å²) in [6, 6.07) is 8.83. The van der Waals surface area contributed by atoms with Crippen molar-refractivity contribution in [2.24, 2.45) is 4.99 Å². The number of hydrogen-bond acceptors (Lipinski definition) is 4. The molecule has 2 atom stereocenters. The Morgan fingerprint density at radius 2 is 1.90 bits per heavy atom. The van der Waals surface area contributed by atoms with Crippen LogP contribution < -0.4 is 5.32 Å². The molecule has 0 spiro atoms. The maximum Gasteiger partial charge on any atom is 0.193 e. The number of nitrogens with zero attached hydrogens (tertiary/aromatic N) is 3. The van der Waals surface area contributed by atoms with E-state index in [1.165, 1.54) is 11.1 Å². The van der Waals surface area contributed by atoms with Crippen molar-refractivity contribution in [3.05, 3.63) is 35.4 Å². The Morgan fingerprint density at radius 1 is 1.13 bits per heavy atom. The highest BCUT2D eigenvalue weighted by Gasteiger charge is 2.34. The van der Waals surface area contributed by atoms with E-state index in [9.17, 15) is 0 Å². The average Bonchev–Trinajstić information content (AvgIpc) is 3.29. The molecular formula is C23H37IN4O2. The lowest BCUT2D eigenvalue weighted by atomic mass is 9.94. The molecule has 6 nitrogen and oxygen atoms in total. The number of fused-ring (bicyclic) bond motifs is 1. The summed E-state index contributed by atoms with van der Waals surface area (Å²) in [6.07, 6.45) is 3.76. The molecule has 4 rings (SSSR count). The number of ether oxygens (including phenoxy) is 2. The minimum atomic E-state index is 0. The van der Waals surface area contributed by atoms with E-state index in [0.29, 0.717) is 0 Å². The Kier molecular flexibility index (Phi) is 8.40. The van der Waals surface area contributed by atoms with E-state index in [2.05, 4.69) is 58.2 Å². The van der Waals surface area contributed by atoms with E-state index in [0.717, 1.165) is 71.2 Å². The normalized spacial score (nSPS) is 25.6. The van der Waals surface area contributed by atoms with Crippen molar-refractivity contribution < 1.29 is 9.47 Å². The maximum absolute atomic E-state index is 6.00. The highest BCUT2D eigenvalue weighted by atomic mass is 127. The summed E-state index contributed by atoms with van der Waals surface area (Å²) in [5, 5.41) is 3.65. The van der Waals surface area contributed by atoms with Gasteiger partial charge in [0.2, 0.25) is 0 Å². The van der Waals surface area contributed by atoms with Crippen LogP contribution in [0.1, 0.15) is 37.8 Å². The quantitative estimate of drug-likeness (QED) is 0.370. The monoisotopic (exact) mass is 528 g/mol. The molecule has 1 N–H and O–H groups in total. The van der Waals surface area contributed by atoms with Crippen molar-refractivity contribution in [2.45, 2.75) is 57.4 Å². The Morgan fingerprint density at radius 3 is 2.63 bits per heavy atom. The van der Waals surface area contributed by atoms with Gasteiger partial charge >= 0.3 is 0 Å². The first-order chi connectivity index (χ1) is 14.1. The van der Waals surface area contributed by atoms with Gasteiger partial charge in [0.25, 0.3) is 0 Å². The first-order valence-corrected chi connectivity index (χ1v) is 11.1. The van der Waals surface area contributed by atoms with E-state index in [4.69, 9.17) is 9.47 Å².